The van der Waals surface area contributed by atoms with Gasteiger partial charge in [0.05, 0.1) is 11.2 Å². The molecule has 0 aliphatic rings. The molecule has 2 heterocycles. The lowest BCUT2D eigenvalue weighted by Gasteiger charge is -1.99. The molecular formula is C21H14ClN3O3. The van der Waals surface area contributed by atoms with E-state index >= 15 is 0 Å². The van der Waals surface area contributed by atoms with Crippen LogP contribution in [-0.2, 0) is 16.1 Å². The number of carbonyl (C=O) groups excluding carboxylic acids is 1. The summed E-state index contributed by atoms with van der Waals surface area (Å²) in [6.45, 7) is -0.116. The monoisotopic (exact) mass is 391 g/mol. The van der Waals surface area contributed by atoms with Crippen LogP contribution in [0.4, 0.5) is 0 Å². The molecule has 0 spiro atoms. The van der Waals surface area contributed by atoms with Crippen LogP contribution in [0.15, 0.2) is 71.2 Å². The zero-order valence-corrected chi connectivity index (χ0v) is 15.3. The van der Waals surface area contributed by atoms with Crippen LogP contribution in [0.25, 0.3) is 28.4 Å². The normalized spacial score (nSPS) is 11.2. The summed E-state index contributed by atoms with van der Waals surface area (Å²) < 4.78 is 10.6. The number of para-hydroxylation sites is 1. The van der Waals surface area contributed by atoms with Crippen molar-refractivity contribution in [2.24, 2.45) is 0 Å². The van der Waals surface area contributed by atoms with E-state index in [1.54, 1.807) is 30.3 Å². The van der Waals surface area contributed by atoms with Gasteiger partial charge in [0.25, 0.3) is 5.89 Å². The first-order valence-electron chi connectivity index (χ1n) is 8.46. The third-order valence-electron chi connectivity index (χ3n) is 3.91. The third-order valence-corrected chi connectivity index (χ3v) is 4.16. The Kier molecular flexibility index (Phi) is 5.12. The maximum absolute atomic E-state index is 11.9. The van der Waals surface area contributed by atoms with Crippen molar-refractivity contribution in [2.45, 2.75) is 6.61 Å². The van der Waals surface area contributed by atoms with E-state index < -0.39 is 5.97 Å². The van der Waals surface area contributed by atoms with Crippen molar-refractivity contribution in [2.75, 3.05) is 0 Å². The largest absolute Gasteiger partial charge is 0.452 e. The Balaban J connectivity index is 1.36. The van der Waals surface area contributed by atoms with Crippen LogP contribution in [-0.4, -0.2) is 21.2 Å². The molecule has 0 N–H and O–H groups in total. The van der Waals surface area contributed by atoms with Crippen LogP contribution in [0.2, 0.25) is 5.02 Å². The zero-order chi connectivity index (χ0) is 19.3. The van der Waals surface area contributed by atoms with Crippen LogP contribution in [0.3, 0.4) is 0 Å². The van der Waals surface area contributed by atoms with Crippen LogP contribution < -0.4 is 0 Å². The molecule has 0 unspecified atom stereocenters. The average molecular weight is 392 g/mol. The Morgan fingerprint density at radius 2 is 1.86 bits per heavy atom. The number of nitrogens with zero attached hydrogens (tertiary/aromatic N) is 3. The lowest BCUT2D eigenvalue weighted by molar-refractivity contribution is -0.139. The maximum Gasteiger partial charge on any atom is 0.331 e. The van der Waals surface area contributed by atoms with E-state index in [2.05, 4.69) is 15.2 Å². The van der Waals surface area contributed by atoms with Gasteiger partial charge in [-0.05, 0) is 42.5 Å². The molecule has 0 radical (unpaired) electrons. The smallest absolute Gasteiger partial charge is 0.331 e. The molecular weight excluding hydrogens is 378 g/mol. The van der Waals surface area contributed by atoms with E-state index in [0.29, 0.717) is 16.6 Å². The predicted molar refractivity (Wildman–Crippen MR) is 105 cm³/mol. The average Bonchev–Trinajstić information content (AvgIpc) is 3.20. The third kappa shape index (κ3) is 4.24. The lowest BCUT2D eigenvalue weighted by atomic mass is 10.2. The molecule has 6 nitrogen and oxygen atoms in total. The Morgan fingerprint density at radius 3 is 2.71 bits per heavy atom. The summed E-state index contributed by atoms with van der Waals surface area (Å²) >= 11 is 5.86. The molecule has 4 aromatic rings. The zero-order valence-electron chi connectivity index (χ0n) is 14.6. The van der Waals surface area contributed by atoms with Gasteiger partial charge in [-0.3, -0.25) is 0 Å². The van der Waals surface area contributed by atoms with Crippen molar-refractivity contribution in [3.05, 3.63) is 83.3 Å². The quantitative estimate of drug-likeness (QED) is 0.362. The molecule has 0 atom stereocenters. The second kappa shape index (κ2) is 8.02. The van der Waals surface area contributed by atoms with Gasteiger partial charge in [0.1, 0.15) is 0 Å². The molecule has 7 heteroatoms. The number of esters is 1. The molecule has 138 valence electrons. The first-order chi connectivity index (χ1) is 13.7. The van der Waals surface area contributed by atoms with Crippen molar-refractivity contribution < 1.29 is 13.9 Å². The molecule has 0 aliphatic carbocycles. The first-order valence-corrected chi connectivity index (χ1v) is 8.84. The highest BCUT2D eigenvalue weighted by molar-refractivity contribution is 6.30. The van der Waals surface area contributed by atoms with Crippen molar-refractivity contribution in [3.8, 4) is 11.5 Å². The van der Waals surface area contributed by atoms with Gasteiger partial charge in [0, 0.05) is 22.0 Å². The van der Waals surface area contributed by atoms with Gasteiger partial charge < -0.3 is 9.15 Å². The summed E-state index contributed by atoms with van der Waals surface area (Å²) in [7, 11) is 0. The highest BCUT2D eigenvalue weighted by Gasteiger charge is 2.10. The minimum atomic E-state index is -0.527. The van der Waals surface area contributed by atoms with Gasteiger partial charge in [-0.2, -0.15) is 0 Å². The summed E-state index contributed by atoms with van der Waals surface area (Å²) in [6.07, 6.45) is 2.91. The molecule has 2 aromatic heterocycles. The highest BCUT2D eigenvalue weighted by Crippen LogP contribution is 2.20. The van der Waals surface area contributed by atoms with E-state index in [1.165, 1.54) is 6.08 Å². The topological polar surface area (TPSA) is 78.1 Å². The summed E-state index contributed by atoms with van der Waals surface area (Å²) in [6, 6.07) is 18.5. The van der Waals surface area contributed by atoms with Crippen molar-refractivity contribution in [1.29, 1.82) is 0 Å². The Hall–Kier alpha value is -3.51. The molecule has 28 heavy (non-hydrogen) atoms. The summed E-state index contributed by atoms with van der Waals surface area (Å²) in [5.74, 6) is 0.00959. The fraction of sp³-hybridized carbons (Fsp3) is 0.0476. The fourth-order valence-corrected chi connectivity index (χ4v) is 2.66. The minimum Gasteiger partial charge on any atom is -0.452 e. The number of aromatic nitrogens is 3. The van der Waals surface area contributed by atoms with Gasteiger partial charge in [-0.25, -0.2) is 9.78 Å². The van der Waals surface area contributed by atoms with Gasteiger partial charge in [-0.1, -0.05) is 35.9 Å². The Morgan fingerprint density at radius 1 is 1.04 bits per heavy atom. The first kappa shape index (κ1) is 17.9. The Labute approximate surface area is 165 Å². The molecule has 2 aromatic carbocycles. The number of pyridine rings is 1. The molecule has 0 fully saturated rings. The van der Waals surface area contributed by atoms with Crippen molar-refractivity contribution in [1.82, 2.24) is 15.2 Å². The molecule has 0 aliphatic heterocycles. The fourth-order valence-electron chi connectivity index (χ4n) is 2.53. The maximum atomic E-state index is 11.9. The SMILES string of the molecule is O=C(C=Cc1ccc2ccccc2n1)OCc1nnc(-c2ccc(Cl)cc2)o1. The van der Waals surface area contributed by atoms with Crippen LogP contribution in [0.5, 0.6) is 0 Å². The summed E-state index contributed by atoms with van der Waals surface area (Å²) in [5, 5.41) is 9.47. The second-order valence-corrected chi connectivity index (χ2v) is 6.31. The van der Waals surface area contributed by atoms with E-state index in [4.69, 9.17) is 20.8 Å². The van der Waals surface area contributed by atoms with E-state index in [-0.39, 0.29) is 12.5 Å². The number of halogens is 1. The molecule has 0 saturated carbocycles. The van der Waals surface area contributed by atoms with Crippen molar-refractivity contribution >= 4 is 34.5 Å². The second-order valence-electron chi connectivity index (χ2n) is 5.88. The molecule has 0 bridgehead atoms. The standard InChI is InChI=1S/C21H14ClN3O3/c22-16-8-5-15(6-9-16)21-25-24-19(28-21)13-27-20(26)12-11-17-10-7-14-3-1-2-4-18(14)23-17/h1-12H,13H2. The summed E-state index contributed by atoms with van der Waals surface area (Å²) in [4.78, 5) is 16.4. The number of carbonyl (C=O) groups is 1. The number of fused-ring (bicyclic) bond motifs is 1. The highest BCUT2D eigenvalue weighted by atomic mass is 35.5. The number of rotatable bonds is 5. The van der Waals surface area contributed by atoms with Gasteiger partial charge in [0.2, 0.25) is 5.89 Å². The molecule has 0 amide bonds. The van der Waals surface area contributed by atoms with Crippen molar-refractivity contribution in [3.63, 3.8) is 0 Å². The summed E-state index contributed by atoms with van der Waals surface area (Å²) in [5.41, 5.74) is 2.26. The number of benzene rings is 2. The van der Waals surface area contributed by atoms with E-state index in [1.807, 2.05) is 36.4 Å². The van der Waals surface area contributed by atoms with Crippen LogP contribution in [0, 0.1) is 0 Å². The predicted octanol–water partition coefficient (Wildman–Crippen LogP) is 4.69. The number of hydrogen-bond donors (Lipinski definition) is 0. The van der Waals surface area contributed by atoms with Crippen LogP contribution in [0.1, 0.15) is 11.6 Å². The number of hydrogen-bond acceptors (Lipinski definition) is 6. The van der Waals surface area contributed by atoms with Gasteiger partial charge in [0.15, 0.2) is 6.61 Å². The Bertz CT molecular complexity index is 1150. The molecule has 0 saturated heterocycles. The molecule has 4 rings (SSSR count). The van der Waals surface area contributed by atoms with E-state index in [9.17, 15) is 4.79 Å². The number of ether oxygens (including phenoxy) is 1. The van der Waals surface area contributed by atoms with Gasteiger partial charge >= 0.3 is 5.97 Å². The van der Waals surface area contributed by atoms with Gasteiger partial charge in [-0.15, -0.1) is 10.2 Å². The van der Waals surface area contributed by atoms with E-state index in [0.717, 1.165) is 16.5 Å². The lowest BCUT2D eigenvalue weighted by Crippen LogP contribution is -2.01. The minimum absolute atomic E-state index is 0.116. The van der Waals surface area contributed by atoms with Crippen LogP contribution >= 0.6 is 11.6 Å².